The third-order valence-corrected chi connectivity index (χ3v) is 0.721. The molecule has 9 heteroatoms. The summed E-state index contributed by atoms with van der Waals surface area (Å²) < 4.78 is 0. The topological polar surface area (TPSA) is 135 Å². The van der Waals surface area contributed by atoms with Crippen LogP contribution < -0.4 is 5.73 Å². The van der Waals surface area contributed by atoms with Crippen molar-refractivity contribution < 1.29 is 19.2 Å². The van der Waals surface area contributed by atoms with Crippen molar-refractivity contribution in [3.05, 3.63) is 0 Å². The summed E-state index contributed by atoms with van der Waals surface area (Å²) in [4.78, 5) is 40.3. The minimum Gasteiger partial charge on any atom is -0.350 e. The van der Waals surface area contributed by atoms with E-state index in [0.29, 0.717) is 0 Å². The standard InChI is InChI=1S/C4H3N5O4/c5-3(12)9(7-2-11)4(13)8-6-1-10/h1H,(H2,5,12). The van der Waals surface area contributed by atoms with Crippen LogP contribution in [0, 0.1) is 0 Å². The summed E-state index contributed by atoms with van der Waals surface area (Å²) >= 11 is 0. The molecule has 0 spiro atoms. The third kappa shape index (κ3) is 3.49. The molecule has 0 heterocycles. The van der Waals surface area contributed by atoms with E-state index in [9.17, 15) is 19.2 Å². The van der Waals surface area contributed by atoms with Gasteiger partial charge in [0.25, 0.3) is 12.5 Å². The average molecular weight is 185 g/mol. The van der Waals surface area contributed by atoms with E-state index < -0.39 is 12.1 Å². The predicted octanol–water partition coefficient (Wildman–Crippen LogP) is -0.653. The van der Waals surface area contributed by atoms with E-state index >= 15 is 0 Å². The SMILES string of the molecule is NC(=O)N(N=C=O)C(=O)N=NC=O. The van der Waals surface area contributed by atoms with Gasteiger partial charge in [0.05, 0.1) is 0 Å². The number of nitrogens with two attached hydrogens (primary N) is 1. The van der Waals surface area contributed by atoms with E-state index in [1.165, 1.54) is 0 Å². The van der Waals surface area contributed by atoms with Gasteiger partial charge in [-0.25, -0.2) is 14.4 Å². The monoisotopic (exact) mass is 185 g/mol. The van der Waals surface area contributed by atoms with Crippen LogP contribution in [0.2, 0.25) is 0 Å². The predicted molar refractivity (Wildman–Crippen MR) is 35.9 cm³/mol. The second-order valence-corrected chi connectivity index (χ2v) is 1.44. The lowest BCUT2D eigenvalue weighted by molar-refractivity contribution is -0.107. The highest BCUT2D eigenvalue weighted by Gasteiger charge is 2.17. The normalized spacial score (nSPS) is 8.92. The van der Waals surface area contributed by atoms with Crippen molar-refractivity contribution >= 4 is 24.6 Å². The van der Waals surface area contributed by atoms with Crippen LogP contribution in [-0.4, -0.2) is 29.6 Å². The second-order valence-electron chi connectivity index (χ2n) is 1.44. The first-order valence-electron chi connectivity index (χ1n) is 2.69. The van der Waals surface area contributed by atoms with Gasteiger partial charge in [0.2, 0.25) is 0 Å². The first-order valence-corrected chi connectivity index (χ1v) is 2.69. The second kappa shape index (κ2) is 5.27. The molecule has 0 atom stereocenters. The van der Waals surface area contributed by atoms with Crippen molar-refractivity contribution in [3.63, 3.8) is 0 Å². The molecule has 2 N–H and O–H groups in total. The van der Waals surface area contributed by atoms with Gasteiger partial charge < -0.3 is 5.73 Å². The number of nitrogens with zero attached hydrogens (tertiary/aromatic N) is 4. The van der Waals surface area contributed by atoms with Crippen molar-refractivity contribution in [3.8, 4) is 0 Å². The fraction of sp³-hybridized carbons (Fsp3) is 0. The highest BCUT2D eigenvalue weighted by molar-refractivity contribution is 5.93. The van der Waals surface area contributed by atoms with E-state index in [2.05, 4.69) is 21.1 Å². The smallest absolute Gasteiger partial charge is 0.350 e. The Morgan fingerprint density at radius 3 is 2.46 bits per heavy atom. The molecule has 0 aromatic carbocycles. The van der Waals surface area contributed by atoms with E-state index in [4.69, 9.17) is 0 Å². The molecular formula is C4H3N5O4. The molecule has 0 unspecified atom stereocenters. The number of imide groups is 1. The van der Waals surface area contributed by atoms with Gasteiger partial charge >= 0.3 is 12.1 Å². The highest BCUT2D eigenvalue weighted by atomic mass is 16.2. The Kier molecular flexibility index (Phi) is 4.29. The van der Waals surface area contributed by atoms with Gasteiger partial charge in [-0.2, -0.15) is 0 Å². The van der Waals surface area contributed by atoms with Crippen LogP contribution in [0.4, 0.5) is 9.59 Å². The van der Waals surface area contributed by atoms with Crippen LogP contribution >= 0.6 is 0 Å². The van der Waals surface area contributed by atoms with Gasteiger partial charge in [-0.05, 0) is 0 Å². The molecule has 0 saturated heterocycles. The zero-order valence-electron chi connectivity index (χ0n) is 6.08. The molecule has 9 nitrogen and oxygen atoms in total. The Labute approximate surface area is 70.9 Å². The molecule has 0 radical (unpaired) electrons. The maximum Gasteiger partial charge on any atom is 0.392 e. The van der Waals surface area contributed by atoms with Crippen molar-refractivity contribution in [1.29, 1.82) is 0 Å². The molecule has 0 aromatic rings. The van der Waals surface area contributed by atoms with Crippen LogP contribution in [0.15, 0.2) is 15.3 Å². The lowest BCUT2D eigenvalue weighted by atomic mass is 10.9. The van der Waals surface area contributed by atoms with Crippen molar-refractivity contribution in [2.24, 2.45) is 21.1 Å². The van der Waals surface area contributed by atoms with Crippen LogP contribution in [-0.2, 0) is 9.59 Å². The minimum absolute atomic E-state index is 0.0400. The van der Waals surface area contributed by atoms with Gasteiger partial charge in [-0.15, -0.1) is 10.1 Å². The van der Waals surface area contributed by atoms with E-state index in [-0.39, 0.29) is 11.4 Å². The number of hydrogen-bond acceptors (Lipinski definition) is 5. The summed E-state index contributed by atoms with van der Waals surface area (Å²) in [5.74, 6) is 0. The van der Waals surface area contributed by atoms with Crippen LogP contribution in [0.25, 0.3) is 0 Å². The molecule has 5 amide bonds. The minimum atomic E-state index is -1.36. The molecule has 0 saturated carbocycles. The zero-order valence-corrected chi connectivity index (χ0v) is 6.08. The van der Waals surface area contributed by atoms with Crippen molar-refractivity contribution in [2.45, 2.75) is 0 Å². The Hall–Kier alpha value is -2.41. The molecule has 0 aliphatic heterocycles. The van der Waals surface area contributed by atoms with Crippen LogP contribution in [0.1, 0.15) is 0 Å². The number of carbonyl (C=O) groups excluding carboxylic acids is 4. The number of amides is 5. The number of rotatable bonds is 2. The number of azo groups is 1. The number of primary amides is 1. The lowest BCUT2D eigenvalue weighted by Gasteiger charge is -2.03. The maximum absolute atomic E-state index is 10.7. The zero-order chi connectivity index (χ0) is 10.3. The Bertz CT molecular complexity index is 302. The number of hydrazone groups is 1. The molecule has 0 fully saturated rings. The highest BCUT2D eigenvalue weighted by Crippen LogP contribution is 1.93. The molecule has 13 heavy (non-hydrogen) atoms. The van der Waals surface area contributed by atoms with Gasteiger partial charge in [0.1, 0.15) is 0 Å². The molecular weight excluding hydrogens is 182 g/mol. The summed E-state index contributed by atoms with van der Waals surface area (Å²) in [6, 6.07) is -2.69. The molecule has 68 valence electrons. The number of hydrogen-bond donors (Lipinski definition) is 1. The molecule has 0 aliphatic rings. The van der Waals surface area contributed by atoms with E-state index in [1.54, 1.807) is 0 Å². The summed E-state index contributed by atoms with van der Waals surface area (Å²) in [7, 11) is 0. The third-order valence-electron chi connectivity index (χ3n) is 0.721. The average Bonchev–Trinajstić information content (AvgIpc) is 2.09. The first-order chi connectivity index (χ1) is 6.13. The van der Waals surface area contributed by atoms with Gasteiger partial charge in [-0.1, -0.05) is 10.2 Å². The van der Waals surface area contributed by atoms with E-state index in [1.807, 2.05) is 0 Å². The molecule has 0 bridgehead atoms. The van der Waals surface area contributed by atoms with Crippen LogP contribution in [0.3, 0.4) is 0 Å². The number of urea groups is 2. The molecule has 0 rings (SSSR count). The Morgan fingerprint density at radius 1 is 1.46 bits per heavy atom. The van der Waals surface area contributed by atoms with Gasteiger partial charge in [0, 0.05) is 0 Å². The fourth-order valence-corrected chi connectivity index (χ4v) is 0.342. The van der Waals surface area contributed by atoms with Gasteiger partial charge in [0.15, 0.2) is 0 Å². The largest absolute Gasteiger partial charge is 0.392 e. The maximum atomic E-state index is 10.7. The van der Waals surface area contributed by atoms with E-state index in [0.717, 1.165) is 6.08 Å². The Morgan fingerprint density at radius 2 is 2.08 bits per heavy atom. The first kappa shape index (κ1) is 10.6. The lowest BCUT2D eigenvalue weighted by Crippen LogP contribution is -2.34. The number of isocyanates is 1. The molecule has 0 aliphatic carbocycles. The summed E-state index contributed by atoms with van der Waals surface area (Å²) in [6.07, 6.45) is 0.856. The summed E-state index contributed by atoms with van der Waals surface area (Å²) in [6.45, 7) is 0. The Balaban J connectivity index is 4.65. The van der Waals surface area contributed by atoms with Crippen molar-refractivity contribution in [2.75, 3.05) is 0 Å². The summed E-state index contributed by atoms with van der Waals surface area (Å²) in [5.41, 5.74) is 4.60. The number of carbonyl (C=O) groups is 3. The fourth-order valence-electron chi connectivity index (χ4n) is 0.342. The van der Waals surface area contributed by atoms with Crippen LogP contribution in [0.5, 0.6) is 0 Å². The summed E-state index contributed by atoms with van der Waals surface area (Å²) in [5, 5.41) is 7.78. The van der Waals surface area contributed by atoms with Gasteiger partial charge in [-0.3, -0.25) is 4.79 Å². The molecule has 0 aromatic heterocycles. The van der Waals surface area contributed by atoms with Crippen molar-refractivity contribution in [1.82, 2.24) is 5.01 Å². The quantitative estimate of drug-likeness (QED) is 0.201.